The zero-order valence-corrected chi connectivity index (χ0v) is 14.3. The summed E-state index contributed by atoms with van der Waals surface area (Å²) in [4.78, 5) is 16.5. The van der Waals surface area contributed by atoms with Crippen LogP contribution in [0.5, 0.6) is 0 Å². The largest absolute Gasteiger partial charge is 0.459 e. The van der Waals surface area contributed by atoms with Gasteiger partial charge in [-0.25, -0.2) is 9.37 Å². The van der Waals surface area contributed by atoms with Crippen molar-refractivity contribution in [2.45, 2.75) is 13.0 Å². The van der Waals surface area contributed by atoms with Crippen molar-refractivity contribution in [3.05, 3.63) is 71.1 Å². The molecule has 0 N–H and O–H groups in total. The quantitative estimate of drug-likeness (QED) is 0.489. The Bertz CT molecular complexity index is 1060. The third-order valence-electron chi connectivity index (χ3n) is 3.79. The van der Waals surface area contributed by atoms with E-state index in [-0.39, 0.29) is 18.8 Å². The van der Waals surface area contributed by atoms with Crippen LogP contribution >= 0.6 is 11.3 Å². The van der Waals surface area contributed by atoms with Crippen molar-refractivity contribution in [1.82, 2.24) is 10.1 Å². The van der Waals surface area contributed by atoms with Gasteiger partial charge in [0.25, 0.3) is 0 Å². The Balaban J connectivity index is 1.38. The van der Waals surface area contributed by atoms with E-state index in [0.717, 1.165) is 16.0 Å². The second-order valence-electron chi connectivity index (χ2n) is 5.61. The van der Waals surface area contributed by atoms with Gasteiger partial charge in [-0.3, -0.25) is 4.79 Å². The van der Waals surface area contributed by atoms with Crippen molar-refractivity contribution in [2.24, 2.45) is 0 Å². The lowest BCUT2D eigenvalue weighted by molar-refractivity contribution is -0.144. The van der Waals surface area contributed by atoms with Gasteiger partial charge < -0.3 is 9.26 Å². The average Bonchev–Trinajstić information content (AvgIpc) is 3.28. The summed E-state index contributed by atoms with van der Waals surface area (Å²) in [5.74, 6) is -0.694. The van der Waals surface area contributed by atoms with Crippen LogP contribution in [0.3, 0.4) is 0 Å². The lowest BCUT2D eigenvalue weighted by atomic mass is 10.2. The van der Waals surface area contributed by atoms with E-state index >= 15 is 0 Å². The summed E-state index contributed by atoms with van der Waals surface area (Å²) in [7, 11) is 0. The first-order chi connectivity index (χ1) is 12.7. The normalized spacial score (nSPS) is 11.0. The van der Waals surface area contributed by atoms with E-state index in [9.17, 15) is 9.18 Å². The van der Waals surface area contributed by atoms with Crippen LogP contribution in [0.4, 0.5) is 4.39 Å². The van der Waals surface area contributed by atoms with Crippen LogP contribution in [0, 0.1) is 5.82 Å². The zero-order valence-electron chi connectivity index (χ0n) is 13.5. The number of para-hydroxylation sites is 1. The standard InChI is InChI=1S/C19H13FN2O3S/c20-13-7-5-12(6-8-13)19-21-14(11-26-19)10-24-18(23)9-16-15-3-1-2-4-17(15)25-22-16/h1-8,11H,9-10H2. The van der Waals surface area contributed by atoms with Gasteiger partial charge in [-0.2, -0.15) is 0 Å². The van der Waals surface area contributed by atoms with Gasteiger partial charge in [0.15, 0.2) is 5.58 Å². The number of fused-ring (bicyclic) bond motifs is 1. The van der Waals surface area contributed by atoms with Crippen molar-refractivity contribution in [3.8, 4) is 10.6 Å². The van der Waals surface area contributed by atoms with Crippen molar-refractivity contribution in [2.75, 3.05) is 0 Å². The second kappa shape index (κ2) is 7.05. The molecule has 0 saturated heterocycles. The molecule has 2 aromatic carbocycles. The van der Waals surface area contributed by atoms with Crippen LogP contribution in [-0.2, 0) is 22.6 Å². The minimum absolute atomic E-state index is 0.0337. The molecule has 7 heteroatoms. The number of hydrogen-bond donors (Lipinski definition) is 0. The molecule has 0 atom stereocenters. The fraction of sp³-hybridized carbons (Fsp3) is 0.105. The minimum atomic E-state index is -0.402. The highest BCUT2D eigenvalue weighted by molar-refractivity contribution is 7.13. The van der Waals surface area contributed by atoms with Crippen LogP contribution in [-0.4, -0.2) is 16.1 Å². The highest BCUT2D eigenvalue weighted by atomic mass is 32.1. The Labute approximate surface area is 152 Å². The van der Waals surface area contributed by atoms with E-state index in [1.54, 1.807) is 18.2 Å². The van der Waals surface area contributed by atoms with E-state index in [1.807, 2.05) is 23.6 Å². The first-order valence-corrected chi connectivity index (χ1v) is 8.76. The number of rotatable bonds is 5. The average molecular weight is 368 g/mol. The summed E-state index contributed by atoms with van der Waals surface area (Å²) in [5.41, 5.74) is 2.66. The van der Waals surface area contributed by atoms with Gasteiger partial charge >= 0.3 is 5.97 Å². The molecule has 0 bridgehead atoms. The number of benzene rings is 2. The molecule has 0 saturated carbocycles. The fourth-order valence-corrected chi connectivity index (χ4v) is 3.32. The highest BCUT2D eigenvalue weighted by Gasteiger charge is 2.14. The maximum absolute atomic E-state index is 13.0. The number of nitrogens with zero attached hydrogens (tertiary/aromatic N) is 2. The molecule has 0 amide bonds. The summed E-state index contributed by atoms with van der Waals surface area (Å²) in [6.07, 6.45) is 0.0337. The maximum atomic E-state index is 13.0. The summed E-state index contributed by atoms with van der Waals surface area (Å²) in [5, 5.41) is 7.29. The number of esters is 1. The first-order valence-electron chi connectivity index (χ1n) is 7.88. The monoisotopic (exact) mass is 368 g/mol. The Kier molecular flexibility index (Phi) is 4.45. The summed E-state index contributed by atoms with van der Waals surface area (Å²) < 4.78 is 23.4. The van der Waals surface area contributed by atoms with Crippen LogP contribution < -0.4 is 0 Å². The lowest BCUT2D eigenvalue weighted by Crippen LogP contribution is -2.08. The Morgan fingerprint density at radius 3 is 2.81 bits per heavy atom. The van der Waals surface area contributed by atoms with E-state index in [4.69, 9.17) is 9.26 Å². The van der Waals surface area contributed by atoms with Gasteiger partial charge in [0.05, 0.1) is 12.1 Å². The molecule has 5 nitrogen and oxygen atoms in total. The van der Waals surface area contributed by atoms with Gasteiger partial charge in [-0.05, 0) is 36.4 Å². The first kappa shape index (κ1) is 16.4. The Morgan fingerprint density at radius 1 is 1.15 bits per heavy atom. The number of hydrogen-bond acceptors (Lipinski definition) is 6. The van der Waals surface area contributed by atoms with Crippen LogP contribution in [0.25, 0.3) is 21.5 Å². The summed E-state index contributed by atoms with van der Waals surface area (Å²) >= 11 is 1.42. The molecular weight excluding hydrogens is 355 g/mol. The molecule has 0 fully saturated rings. The van der Waals surface area contributed by atoms with Crippen molar-refractivity contribution < 1.29 is 18.4 Å². The molecule has 4 rings (SSSR count). The maximum Gasteiger partial charge on any atom is 0.312 e. The van der Waals surface area contributed by atoms with Crippen molar-refractivity contribution in [1.29, 1.82) is 0 Å². The second-order valence-corrected chi connectivity index (χ2v) is 6.47. The van der Waals surface area contributed by atoms with Crippen LogP contribution in [0.1, 0.15) is 11.4 Å². The number of aromatic nitrogens is 2. The van der Waals surface area contributed by atoms with Gasteiger partial charge in [-0.15, -0.1) is 11.3 Å². The van der Waals surface area contributed by atoms with Crippen molar-refractivity contribution in [3.63, 3.8) is 0 Å². The molecule has 0 unspecified atom stereocenters. The molecular formula is C19H13FN2O3S. The molecule has 0 aliphatic heterocycles. The van der Waals surface area contributed by atoms with Gasteiger partial charge in [0, 0.05) is 16.3 Å². The molecule has 0 aliphatic rings. The topological polar surface area (TPSA) is 65.2 Å². The predicted molar refractivity (Wildman–Crippen MR) is 95.0 cm³/mol. The van der Waals surface area contributed by atoms with Crippen molar-refractivity contribution >= 4 is 28.3 Å². The number of halogens is 1. The molecule has 0 spiro atoms. The van der Waals surface area contributed by atoms with E-state index in [1.165, 1.54) is 23.5 Å². The molecule has 4 aromatic rings. The number of ether oxygens (including phenoxy) is 1. The molecule has 0 radical (unpaired) electrons. The van der Waals surface area contributed by atoms with E-state index < -0.39 is 5.97 Å². The van der Waals surface area contributed by atoms with E-state index in [0.29, 0.717) is 17.0 Å². The third kappa shape index (κ3) is 3.48. The molecule has 26 heavy (non-hydrogen) atoms. The number of carbonyl (C=O) groups is 1. The molecule has 2 aromatic heterocycles. The smallest absolute Gasteiger partial charge is 0.312 e. The zero-order chi connectivity index (χ0) is 17.9. The lowest BCUT2D eigenvalue weighted by Gasteiger charge is -2.01. The molecule has 0 aliphatic carbocycles. The summed E-state index contributed by atoms with van der Waals surface area (Å²) in [6.45, 7) is 0.0757. The number of thiazole rings is 1. The SMILES string of the molecule is O=C(Cc1noc2ccccc12)OCc1csc(-c2ccc(F)cc2)n1. The van der Waals surface area contributed by atoms with E-state index in [2.05, 4.69) is 10.1 Å². The Hall–Kier alpha value is -3.06. The fourth-order valence-electron chi connectivity index (χ4n) is 2.51. The molecule has 2 heterocycles. The predicted octanol–water partition coefficient (Wildman–Crippen LogP) is 4.38. The van der Waals surface area contributed by atoms with Gasteiger partial charge in [-0.1, -0.05) is 17.3 Å². The Morgan fingerprint density at radius 2 is 1.96 bits per heavy atom. The van der Waals surface area contributed by atoms with Gasteiger partial charge in [0.2, 0.25) is 0 Å². The minimum Gasteiger partial charge on any atom is -0.459 e. The summed E-state index contributed by atoms with van der Waals surface area (Å²) in [6, 6.07) is 13.5. The van der Waals surface area contributed by atoms with Crippen LogP contribution in [0.15, 0.2) is 58.4 Å². The molecule has 130 valence electrons. The third-order valence-corrected chi connectivity index (χ3v) is 4.73. The van der Waals surface area contributed by atoms with Crippen LogP contribution in [0.2, 0.25) is 0 Å². The highest BCUT2D eigenvalue weighted by Crippen LogP contribution is 2.24. The van der Waals surface area contributed by atoms with Gasteiger partial charge in [0.1, 0.15) is 23.1 Å². The number of carbonyl (C=O) groups excluding carboxylic acids is 1.